The quantitative estimate of drug-likeness (QED) is 0.818. The van der Waals surface area contributed by atoms with Crippen LogP contribution in [0.25, 0.3) is 0 Å². The Hall–Kier alpha value is -0.520. The van der Waals surface area contributed by atoms with E-state index in [1.54, 1.807) is 0 Å². The summed E-state index contributed by atoms with van der Waals surface area (Å²) in [6.45, 7) is 4.08. The molecule has 0 bridgehead atoms. The lowest BCUT2D eigenvalue weighted by Gasteiger charge is -2.44. The van der Waals surface area contributed by atoms with E-state index in [9.17, 15) is 4.79 Å². The Labute approximate surface area is 140 Å². The molecule has 1 spiro atoms. The zero-order chi connectivity index (χ0) is 14.2. The van der Waals surface area contributed by atoms with Crippen molar-refractivity contribution in [2.24, 2.45) is 12.5 Å². The van der Waals surface area contributed by atoms with Crippen LogP contribution >= 0.6 is 28.3 Å². The zero-order valence-electron chi connectivity index (χ0n) is 12.4. The summed E-state index contributed by atoms with van der Waals surface area (Å²) in [5.74, 6) is 0.169. The SMILES string of the molecule is Cl.Cn1cc(Br)cc1C(=O)N1CCC2(CCNCC2)CC1. The second kappa shape index (κ2) is 6.71. The van der Waals surface area contributed by atoms with Gasteiger partial charge >= 0.3 is 0 Å². The molecule has 2 saturated heterocycles. The number of carbonyl (C=O) groups excluding carboxylic acids is 1. The molecule has 1 amide bonds. The number of amides is 1. The fourth-order valence-corrected chi connectivity index (χ4v) is 4.06. The molecule has 6 heteroatoms. The number of likely N-dealkylation sites (tertiary alicyclic amines) is 1. The highest BCUT2D eigenvalue weighted by atomic mass is 79.9. The number of halogens is 2. The van der Waals surface area contributed by atoms with Crippen molar-refractivity contribution in [2.45, 2.75) is 25.7 Å². The van der Waals surface area contributed by atoms with E-state index in [1.807, 2.05) is 28.8 Å². The maximum atomic E-state index is 12.6. The lowest BCUT2D eigenvalue weighted by Crippen LogP contribution is -2.47. The highest BCUT2D eigenvalue weighted by Crippen LogP contribution is 2.39. The monoisotopic (exact) mass is 375 g/mol. The van der Waals surface area contributed by atoms with Crippen molar-refractivity contribution in [3.05, 3.63) is 22.4 Å². The molecule has 2 fully saturated rings. The van der Waals surface area contributed by atoms with Crippen molar-refractivity contribution in [1.82, 2.24) is 14.8 Å². The number of rotatable bonds is 1. The third-order valence-electron chi connectivity index (χ3n) is 4.97. The lowest BCUT2D eigenvalue weighted by atomic mass is 9.71. The van der Waals surface area contributed by atoms with Crippen LogP contribution in [0.2, 0.25) is 0 Å². The standard InChI is InChI=1S/C15H22BrN3O.ClH/c1-18-11-12(16)10-13(18)14(20)19-8-4-15(5-9-19)2-6-17-7-3-15;/h10-11,17H,2-9H2,1H3;1H. The third-order valence-corrected chi connectivity index (χ3v) is 5.40. The molecule has 1 aromatic heterocycles. The molecule has 3 heterocycles. The molecule has 0 aliphatic carbocycles. The molecule has 4 nitrogen and oxygen atoms in total. The summed E-state index contributed by atoms with van der Waals surface area (Å²) < 4.78 is 2.87. The van der Waals surface area contributed by atoms with Crippen LogP contribution in [0.1, 0.15) is 36.2 Å². The van der Waals surface area contributed by atoms with Crippen molar-refractivity contribution >= 4 is 34.2 Å². The predicted octanol–water partition coefficient (Wildman–Crippen LogP) is 2.82. The molecule has 0 radical (unpaired) electrons. The van der Waals surface area contributed by atoms with Crippen LogP contribution in [0.4, 0.5) is 0 Å². The predicted molar refractivity (Wildman–Crippen MR) is 90.0 cm³/mol. The van der Waals surface area contributed by atoms with Crippen molar-refractivity contribution in [3.63, 3.8) is 0 Å². The van der Waals surface area contributed by atoms with Gasteiger partial charge in [0.1, 0.15) is 5.69 Å². The van der Waals surface area contributed by atoms with Gasteiger partial charge in [0, 0.05) is 30.8 Å². The van der Waals surface area contributed by atoms with E-state index in [0.29, 0.717) is 5.41 Å². The van der Waals surface area contributed by atoms with Crippen molar-refractivity contribution in [2.75, 3.05) is 26.2 Å². The van der Waals surface area contributed by atoms with E-state index in [4.69, 9.17) is 0 Å². The second-order valence-corrected chi connectivity index (χ2v) is 7.11. The Morgan fingerprint density at radius 1 is 1.24 bits per heavy atom. The van der Waals surface area contributed by atoms with E-state index in [2.05, 4.69) is 21.2 Å². The molecule has 3 rings (SSSR count). The number of hydrogen-bond donors (Lipinski definition) is 1. The fraction of sp³-hybridized carbons (Fsp3) is 0.667. The minimum Gasteiger partial charge on any atom is -0.345 e. The normalized spacial score (nSPS) is 21.1. The van der Waals surface area contributed by atoms with Gasteiger partial charge in [0.15, 0.2) is 0 Å². The lowest BCUT2D eigenvalue weighted by molar-refractivity contribution is 0.0488. The van der Waals surface area contributed by atoms with E-state index >= 15 is 0 Å². The van der Waals surface area contributed by atoms with E-state index in [1.165, 1.54) is 12.8 Å². The minimum absolute atomic E-state index is 0. The average Bonchev–Trinajstić information content (AvgIpc) is 2.79. The molecule has 2 aliphatic rings. The summed E-state index contributed by atoms with van der Waals surface area (Å²) in [6.07, 6.45) is 6.79. The number of aryl methyl sites for hydroxylation is 1. The first-order valence-electron chi connectivity index (χ1n) is 7.42. The number of aromatic nitrogens is 1. The topological polar surface area (TPSA) is 37.3 Å². The molecule has 2 aliphatic heterocycles. The van der Waals surface area contributed by atoms with Crippen molar-refractivity contribution in [3.8, 4) is 0 Å². The van der Waals surface area contributed by atoms with E-state index in [-0.39, 0.29) is 18.3 Å². The molecular formula is C15H23BrClN3O. The van der Waals surface area contributed by atoms with Crippen LogP contribution in [-0.4, -0.2) is 41.6 Å². The summed E-state index contributed by atoms with van der Waals surface area (Å²) in [6, 6.07) is 1.91. The Bertz CT molecular complexity index is 501. The molecule has 21 heavy (non-hydrogen) atoms. The second-order valence-electron chi connectivity index (χ2n) is 6.20. The van der Waals surface area contributed by atoms with Gasteiger partial charge in [-0.3, -0.25) is 4.79 Å². The Morgan fingerprint density at radius 3 is 2.38 bits per heavy atom. The minimum atomic E-state index is 0. The van der Waals surface area contributed by atoms with E-state index < -0.39 is 0 Å². The maximum Gasteiger partial charge on any atom is 0.270 e. The van der Waals surface area contributed by atoms with Gasteiger partial charge in [-0.15, -0.1) is 12.4 Å². The zero-order valence-corrected chi connectivity index (χ0v) is 14.8. The van der Waals surface area contributed by atoms with Crippen molar-refractivity contribution < 1.29 is 4.79 Å². The van der Waals surface area contributed by atoms with Crippen molar-refractivity contribution in [1.29, 1.82) is 0 Å². The number of carbonyl (C=O) groups is 1. The summed E-state index contributed by atoms with van der Waals surface area (Å²) in [5, 5.41) is 3.44. The highest BCUT2D eigenvalue weighted by molar-refractivity contribution is 9.10. The summed E-state index contributed by atoms with van der Waals surface area (Å²) in [4.78, 5) is 14.6. The number of nitrogens with zero attached hydrogens (tertiary/aromatic N) is 2. The Kier molecular flexibility index (Phi) is 5.38. The van der Waals surface area contributed by atoms with Gasteiger partial charge in [-0.1, -0.05) is 0 Å². The fourth-order valence-electron chi connectivity index (χ4n) is 3.54. The van der Waals surface area contributed by atoms with Crippen LogP contribution < -0.4 is 5.32 Å². The van der Waals surface area contributed by atoms with Gasteiger partial charge in [-0.2, -0.15) is 0 Å². The first-order valence-corrected chi connectivity index (χ1v) is 8.21. The average molecular weight is 377 g/mol. The van der Waals surface area contributed by atoms with Gasteiger partial charge in [0.25, 0.3) is 5.91 Å². The summed E-state index contributed by atoms with van der Waals surface area (Å²) in [7, 11) is 1.93. The molecule has 1 N–H and O–H groups in total. The molecule has 0 unspecified atom stereocenters. The third kappa shape index (κ3) is 3.46. The van der Waals surface area contributed by atoms with Crippen LogP contribution in [0.3, 0.4) is 0 Å². The Balaban J connectivity index is 0.00000161. The number of hydrogen-bond acceptors (Lipinski definition) is 2. The van der Waals surface area contributed by atoms with Crippen LogP contribution in [0.5, 0.6) is 0 Å². The summed E-state index contributed by atoms with van der Waals surface area (Å²) >= 11 is 3.43. The number of piperidine rings is 2. The van der Waals surface area contributed by atoms with Crippen LogP contribution in [0, 0.1) is 5.41 Å². The van der Waals surface area contributed by atoms with Gasteiger partial charge < -0.3 is 14.8 Å². The van der Waals surface area contributed by atoms with E-state index in [0.717, 1.165) is 49.2 Å². The summed E-state index contributed by atoms with van der Waals surface area (Å²) in [5.41, 5.74) is 1.27. The largest absolute Gasteiger partial charge is 0.345 e. The molecule has 1 aromatic rings. The molecule has 0 atom stereocenters. The molecule has 0 aromatic carbocycles. The maximum absolute atomic E-state index is 12.6. The Morgan fingerprint density at radius 2 is 1.86 bits per heavy atom. The van der Waals surface area contributed by atoms with Gasteiger partial charge in [-0.05, 0) is 66.2 Å². The molecule has 118 valence electrons. The first-order chi connectivity index (χ1) is 9.60. The van der Waals surface area contributed by atoms with Gasteiger partial charge in [-0.25, -0.2) is 0 Å². The first kappa shape index (κ1) is 16.8. The smallest absolute Gasteiger partial charge is 0.270 e. The molecular weight excluding hydrogens is 354 g/mol. The van der Waals surface area contributed by atoms with Gasteiger partial charge in [0.2, 0.25) is 0 Å². The van der Waals surface area contributed by atoms with Gasteiger partial charge in [0.05, 0.1) is 0 Å². The van der Waals surface area contributed by atoms with Crippen LogP contribution in [-0.2, 0) is 7.05 Å². The van der Waals surface area contributed by atoms with Crippen LogP contribution in [0.15, 0.2) is 16.7 Å². The number of nitrogens with one attached hydrogen (secondary N) is 1. The highest BCUT2D eigenvalue weighted by Gasteiger charge is 2.37. The molecule has 0 saturated carbocycles.